The smallest absolute Gasteiger partial charge is 0.251 e. The fourth-order valence-electron chi connectivity index (χ4n) is 3.32. The number of nitrogens with zero attached hydrogens (tertiary/aromatic N) is 1. The van der Waals surface area contributed by atoms with Crippen LogP contribution in [-0.4, -0.2) is 37.6 Å². The Morgan fingerprint density at radius 2 is 2.00 bits per heavy atom. The van der Waals surface area contributed by atoms with Crippen molar-refractivity contribution in [2.75, 3.05) is 26.7 Å². The first-order valence-electron chi connectivity index (χ1n) is 8.91. The molecule has 2 aromatic carbocycles. The van der Waals surface area contributed by atoms with Gasteiger partial charge in [-0.1, -0.05) is 36.4 Å². The number of fused-ring (bicyclic) bond motifs is 1. The molecule has 4 nitrogen and oxygen atoms in total. The summed E-state index contributed by atoms with van der Waals surface area (Å²) >= 11 is 0. The minimum absolute atomic E-state index is 0.0121. The van der Waals surface area contributed by atoms with Crippen LogP contribution < -0.4 is 5.32 Å². The third-order valence-corrected chi connectivity index (χ3v) is 4.65. The highest BCUT2D eigenvalue weighted by Gasteiger charge is 2.15. The largest absolute Gasteiger partial charge is 0.380 e. The summed E-state index contributed by atoms with van der Waals surface area (Å²) in [7, 11) is 1.66. The van der Waals surface area contributed by atoms with Gasteiger partial charge in [-0.15, -0.1) is 0 Å². The van der Waals surface area contributed by atoms with Gasteiger partial charge in [0.15, 0.2) is 0 Å². The number of benzene rings is 2. The van der Waals surface area contributed by atoms with Gasteiger partial charge >= 0.3 is 0 Å². The normalized spacial score (nSPS) is 14.1. The van der Waals surface area contributed by atoms with E-state index in [0.29, 0.717) is 18.7 Å². The van der Waals surface area contributed by atoms with E-state index in [2.05, 4.69) is 34.5 Å². The molecule has 1 heterocycles. The molecule has 3 rings (SSSR count). The number of carbonyl (C=O) groups is 1. The third kappa shape index (κ3) is 4.91. The summed E-state index contributed by atoms with van der Waals surface area (Å²) in [6.07, 6.45) is 2.08. The maximum Gasteiger partial charge on any atom is 0.251 e. The van der Waals surface area contributed by atoms with Crippen LogP contribution in [-0.2, 0) is 24.3 Å². The summed E-state index contributed by atoms with van der Waals surface area (Å²) < 4.78 is 5.12. The van der Waals surface area contributed by atoms with Gasteiger partial charge in [0, 0.05) is 38.9 Å². The number of methoxy groups -OCH3 is 1. The second kappa shape index (κ2) is 8.79. The van der Waals surface area contributed by atoms with Crippen molar-refractivity contribution in [3.8, 4) is 0 Å². The molecule has 0 aromatic heterocycles. The van der Waals surface area contributed by atoms with E-state index in [1.165, 1.54) is 11.1 Å². The Balaban J connectivity index is 1.41. The first kappa shape index (κ1) is 17.6. The van der Waals surface area contributed by atoms with E-state index >= 15 is 0 Å². The molecule has 0 spiro atoms. The lowest BCUT2D eigenvalue weighted by molar-refractivity contribution is 0.0951. The zero-order valence-corrected chi connectivity index (χ0v) is 14.8. The summed E-state index contributed by atoms with van der Waals surface area (Å²) in [6, 6.07) is 16.3. The number of nitrogens with one attached hydrogen (secondary N) is 1. The fraction of sp³-hybridized carbons (Fsp3) is 0.381. The average Bonchev–Trinajstić information content (AvgIpc) is 2.65. The minimum Gasteiger partial charge on any atom is -0.380 e. The summed E-state index contributed by atoms with van der Waals surface area (Å²) in [4.78, 5) is 14.7. The molecule has 1 aliphatic heterocycles. The Bertz CT molecular complexity index is 715. The molecule has 25 heavy (non-hydrogen) atoms. The summed E-state index contributed by atoms with van der Waals surface area (Å²) in [5, 5.41) is 3.02. The summed E-state index contributed by atoms with van der Waals surface area (Å²) in [5.74, 6) is -0.0121. The molecule has 0 aliphatic carbocycles. The Labute approximate surface area is 149 Å². The van der Waals surface area contributed by atoms with Crippen molar-refractivity contribution in [2.24, 2.45) is 0 Å². The maximum atomic E-state index is 12.3. The molecular weight excluding hydrogens is 312 g/mol. The minimum atomic E-state index is -0.0121. The number of amides is 1. The second-order valence-corrected chi connectivity index (χ2v) is 6.54. The van der Waals surface area contributed by atoms with Gasteiger partial charge < -0.3 is 10.1 Å². The van der Waals surface area contributed by atoms with Crippen LogP contribution in [0.5, 0.6) is 0 Å². The van der Waals surface area contributed by atoms with Crippen molar-refractivity contribution >= 4 is 5.91 Å². The molecular formula is C21H26N2O2. The molecule has 1 aliphatic rings. The molecule has 1 N–H and O–H groups in total. The van der Waals surface area contributed by atoms with Gasteiger partial charge in [0.1, 0.15) is 0 Å². The summed E-state index contributed by atoms with van der Waals surface area (Å²) in [5.41, 5.74) is 4.62. The van der Waals surface area contributed by atoms with Gasteiger partial charge in [0.25, 0.3) is 5.91 Å². The number of ether oxygens (including phenoxy) is 1. The van der Waals surface area contributed by atoms with E-state index in [4.69, 9.17) is 4.74 Å². The fourth-order valence-corrected chi connectivity index (χ4v) is 3.32. The van der Waals surface area contributed by atoms with Gasteiger partial charge in [-0.05, 0) is 41.7 Å². The van der Waals surface area contributed by atoms with Crippen LogP contribution in [0.25, 0.3) is 0 Å². The summed E-state index contributed by atoms with van der Waals surface area (Å²) in [6.45, 7) is 4.36. The Morgan fingerprint density at radius 1 is 1.16 bits per heavy atom. The maximum absolute atomic E-state index is 12.3. The topological polar surface area (TPSA) is 41.6 Å². The quantitative estimate of drug-likeness (QED) is 0.789. The highest BCUT2D eigenvalue weighted by atomic mass is 16.5. The van der Waals surface area contributed by atoms with E-state index in [-0.39, 0.29) is 5.91 Å². The molecule has 2 aromatic rings. The van der Waals surface area contributed by atoms with E-state index in [0.717, 1.165) is 38.0 Å². The van der Waals surface area contributed by atoms with Crippen LogP contribution in [0.15, 0.2) is 48.5 Å². The van der Waals surface area contributed by atoms with E-state index < -0.39 is 0 Å². The Kier molecular flexibility index (Phi) is 6.20. The standard InChI is InChI=1S/C21H26N2O2/c1-25-16-17-6-4-9-19(14-17)21(24)22-11-5-12-23-13-10-18-7-2-3-8-20(18)15-23/h2-4,6-9,14H,5,10-13,15-16H2,1H3,(H,22,24). The van der Waals surface area contributed by atoms with Gasteiger partial charge in [0.05, 0.1) is 6.61 Å². The lowest BCUT2D eigenvalue weighted by Crippen LogP contribution is -2.33. The molecule has 0 radical (unpaired) electrons. The van der Waals surface area contributed by atoms with E-state index in [1.54, 1.807) is 7.11 Å². The molecule has 0 saturated carbocycles. The monoisotopic (exact) mass is 338 g/mol. The predicted molar refractivity (Wildman–Crippen MR) is 99.5 cm³/mol. The van der Waals surface area contributed by atoms with Crippen molar-refractivity contribution in [1.29, 1.82) is 0 Å². The zero-order chi connectivity index (χ0) is 17.5. The van der Waals surface area contributed by atoms with Crippen LogP contribution in [0.2, 0.25) is 0 Å². The van der Waals surface area contributed by atoms with Crippen molar-refractivity contribution in [1.82, 2.24) is 10.2 Å². The average molecular weight is 338 g/mol. The lowest BCUT2D eigenvalue weighted by Gasteiger charge is -2.28. The Morgan fingerprint density at radius 3 is 2.84 bits per heavy atom. The van der Waals surface area contributed by atoms with Gasteiger partial charge in [-0.3, -0.25) is 9.69 Å². The van der Waals surface area contributed by atoms with Crippen molar-refractivity contribution in [3.63, 3.8) is 0 Å². The van der Waals surface area contributed by atoms with Gasteiger partial charge in [-0.2, -0.15) is 0 Å². The van der Waals surface area contributed by atoms with Crippen LogP contribution >= 0.6 is 0 Å². The second-order valence-electron chi connectivity index (χ2n) is 6.54. The number of rotatable bonds is 7. The van der Waals surface area contributed by atoms with Crippen molar-refractivity contribution < 1.29 is 9.53 Å². The van der Waals surface area contributed by atoms with Crippen LogP contribution in [0.1, 0.15) is 33.5 Å². The lowest BCUT2D eigenvalue weighted by atomic mass is 10.00. The molecule has 0 fully saturated rings. The van der Waals surface area contributed by atoms with E-state index in [1.807, 2.05) is 24.3 Å². The molecule has 0 bridgehead atoms. The SMILES string of the molecule is COCc1cccc(C(=O)NCCCN2CCc3ccccc3C2)c1. The van der Waals surface area contributed by atoms with Crippen molar-refractivity contribution in [2.45, 2.75) is 26.0 Å². The highest BCUT2D eigenvalue weighted by Crippen LogP contribution is 2.18. The molecule has 132 valence electrons. The first-order chi connectivity index (χ1) is 12.3. The van der Waals surface area contributed by atoms with E-state index in [9.17, 15) is 4.79 Å². The molecule has 1 amide bonds. The molecule has 0 saturated heterocycles. The molecule has 4 heteroatoms. The zero-order valence-electron chi connectivity index (χ0n) is 14.8. The number of hydrogen-bond acceptors (Lipinski definition) is 3. The van der Waals surface area contributed by atoms with Gasteiger partial charge in [-0.25, -0.2) is 0 Å². The Hall–Kier alpha value is -2.17. The van der Waals surface area contributed by atoms with Gasteiger partial charge in [0.2, 0.25) is 0 Å². The predicted octanol–water partition coefficient (Wildman–Crippen LogP) is 3.01. The van der Waals surface area contributed by atoms with Crippen LogP contribution in [0, 0.1) is 0 Å². The molecule has 0 atom stereocenters. The highest BCUT2D eigenvalue weighted by molar-refractivity contribution is 5.94. The van der Waals surface area contributed by atoms with Crippen LogP contribution in [0.3, 0.4) is 0 Å². The molecule has 0 unspecified atom stereocenters. The first-order valence-corrected chi connectivity index (χ1v) is 8.91. The van der Waals surface area contributed by atoms with Crippen molar-refractivity contribution in [3.05, 3.63) is 70.8 Å². The number of hydrogen-bond donors (Lipinski definition) is 1. The third-order valence-electron chi connectivity index (χ3n) is 4.65. The number of carbonyl (C=O) groups excluding carboxylic acids is 1. The van der Waals surface area contributed by atoms with Crippen LogP contribution in [0.4, 0.5) is 0 Å².